The van der Waals surface area contributed by atoms with Crippen molar-refractivity contribution in [3.05, 3.63) is 208 Å². The van der Waals surface area contributed by atoms with Crippen molar-refractivity contribution < 1.29 is 8.83 Å². The average molecular weight is 892 g/mol. The number of benzene rings is 9. The van der Waals surface area contributed by atoms with Crippen molar-refractivity contribution in [2.24, 2.45) is 0 Å². The topological polar surface area (TPSA) is 29.5 Å². The van der Waals surface area contributed by atoms with Gasteiger partial charge in [0.15, 0.2) is 0 Å². The van der Waals surface area contributed by atoms with Crippen molar-refractivity contribution in [3.8, 4) is 44.5 Å². The number of hydrogen-bond donors (Lipinski definition) is 0. The van der Waals surface area contributed by atoms with E-state index >= 15 is 0 Å². The number of aryl methyl sites for hydroxylation is 3. The molecule has 69 heavy (non-hydrogen) atoms. The molecule has 11 aromatic rings. The van der Waals surface area contributed by atoms with Crippen LogP contribution in [0.3, 0.4) is 0 Å². The monoisotopic (exact) mass is 891 g/mol. The van der Waals surface area contributed by atoms with E-state index in [1.807, 2.05) is 0 Å². The summed E-state index contributed by atoms with van der Waals surface area (Å²) >= 11 is 0. The van der Waals surface area contributed by atoms with E-state index in [4.69, 9.17) is 8.83 Å². The molecule has 3 aliphatic carbocycles. The molecule has 0 aliphatic heterocycles. The first-order valence-electron chi connectivity index (χ1n) is 24.6. The average Bonchev–Trinajstić information content (AvgIpc) is 4.09. The lowest BCUT2D eigenvalue weighted by Crippen LogP contribution is -2.24. The van der Waals surface area contributed by atoms with Gasteiger partial charge in [-0.15, -0.1) is 0 Å². The molecule has 0 bridgehead atoms. The highest BCUT2D eigenvalue weighted by molar-refractivity contribution is 6.21. The van der Waals surface area contributed by atoms with Crippen LogP contribution in [0.4, 0.5) is 17.1 Å². The van der Waals surface area contributed by atoms with Gasteiger partial charge in [0, 0.05) is 66.0 Å². The molecule has 0 spiro atoms. The number of furan rings is 2. The fourth-order valence-corrected chi connectivity index (χ4v) is 13.3. The maximum Gasteiger partial charge on any atom is 0.144 e. The lowest BCUT2D eigenvalue weighted by molar-refractivity contribution is 0.600. The van der Waals surface area contributed by atoms with Crippen molar-refractivity contribution in [2.75, 3.05) is 4.90 Å². The second-order valence-corrected chi connectivity index (χ2v) is 21.8. The zero-order chi connectivity index (χ0) is 47.0. The minimum Gasteiger partial charge on any atom is -0.455 e. The Morgan fingerprint density at radius 2 is 0.870 bits per heavy atom. The van der Waals surface area contributed by atoms with E-state index in [0.29, 0.717) is 0 Å². The molecule has 9 aromatic carbocycles. The molecule has 0 fully saturated rings. The number of para-hydroxylation sites is 2. The summed E-state index contributed by atoms with van der Waals surface area (Å²) in [6.45, 7) is 21.1. The molecular weight excluding hydrogens is 839 g/mol. The van der Waals surface area contributed by atoms with Crippen LogP contribution < -0.4 is 4.90 Å². The fraction of sp³-hybridized carbons (Fsp3) is 0.182. The molecule has 0 N–H and O–H groups in total. The number of hydrogen-bond acceptors (Lipinski definition) is 3. The second-order valence-electron chi connectivity index (χ2n) is 21.8. The van der Waals surface area contributed by atoms with Gasteiger partial charge in [0.1, 0.15) is 22.3 Å². The van der Waals surface area contributed by atoms with Crippen molar-refractivity contribution >= 4 is 60.9 Å². The number of nitrogens with zero attached hydrogens (tertiary/aromatic N) is 1. The minimum atomic E-state index is -0.329. The van der Waals surface area contributed by atoms with Gasteiger partial charge in [-0.2, -0.15) is 0 Å². The third kappa shape index (κ3) is 5.23. The zero-order valence-corrected chi connectivity index (χ0v) is 40.8. The van der Waals surface area contributed by atoms with Crippen molar-refractivity contribution in [1.29, 1.82) is 0 Å². The predicted octanol–water partition coefficient (Wildman–Crippen LogP) is 18.5. The molecule has 3 heteroatoms. The molecular formula is C66H53NO2. The summed E-state index contributed by atoms with van der Waals surface area (Å²) in [6.07, 6.45) is 0. The van der Waals surface area contributed by atoms with Crippen LogP contribution in [0.1, 0.15) is 91.6 Å². The van der Waals surface area contributed by atoms with E-state index in [1.54, 1.807) is 0 Å². The molecule has 0 amide bonds. The Bertz CT molecular complexity index is 4070. The largest absolute Gasteiger partial charge is 0.455 e. The second kappa shape index (κ2) is 13.5. The molecule has 14 rings (SSSR count). The summed E-state index contributed by atoms with van der Waals surface area (Å²) in [5.41, 5.74) is 28.3. The summed E-state index contributed by atoms with van der Waals surface area (Å²) in [6, 6.07) is 58.9. The van der Waals surface area contributed by atoms with E-state index in [-0.39, 0.29) is 16.2 Å². The van der Waals surface area contributed by atoms with Crippen LogP contribution in [-0.4, -0.2) is 0 Å². The minimum absolute atomic E-state index is 0.207. The van der Waals surface area contributed by atoms with Crippen molar-refractivity contribution in [3.63, 3.8) is 0 Å². The summed E-state index contributed by atoms with van der Waals surface area (Å²) in [5, 5.41) is 4.76. The third-order valence-corrected chi connectivity index (χ3v) is 16.6. The van der Waals surface area contributed by atoms with Crippen molar-refractivity contribution in [1.82, 2.24) is 0 Å². The van der Waals surface area contributed by atoms with E-state index < -0.39 is 0 Å². The van der Waals surface area contributed by atoms with E-state index in [9.17, 15) is 0 Å². The predicted molar refractivity (Wildman–Crippen MR) is 288 cm³/mol. The third-order valence-electron chi connectivity index (χ3n) is 16.6. The molecule has 2 heterocycles. The smallest absolute Gasteiger partial charge is 0.144 e. The highest BCUT2D eigenvalue weighted by Gasteiger charge is 2.49. The van der Waals surface area contributed by atoms with Gasteiger partial charge in [-0.3, -0.25) is 0 Å². The number of rotatable bonds is 4. The van der Waals surface area contributed by atoms with Crippen LogP contribution in [0, 0.1) is 20.8 Å². The van der Waals surface area contributed by atoms with Gasteiger partial charge in [0.25, 0.3) is 0 Å². The summed E-state index contributed by atoms with van der Waals surface area (Å²) in [4.78, 5) is 2.48. The Labute approximate surface area is 403 Å². The molecule has 334 valence electrons. The quantitative estimate of drug-likeness (QED) is 0.176. The van der Waals surface area contributed by atoms with Crippen LogP contribution in [-0.2, 0) is 16.2 Å². The van der Waals surface area contributed by atoms with Gasteiger partial charge >= 0.3 is 0 Å². The SMILES string of the molecule is Cc1ccc(N(c2ccc3c(c2)C(C)(C)c2cc(-c4ccc(C)cc4C)c4oc5ccccc5c4c2-3)c2ccc3c(c2)C(C)(C)c2c4c(c5c(oc6ccccc65)c2-3)-c2ccccc2C4(C)C)cc1. The van der Waals surface area contributed by atoms with Crippen LogP contribution >= 0.6 is 0 Å². The van der Waals surface area contributed by atoms with Crippen LogP contribution in [0.5, 0.6) is 0 Å². The first-order chi connectivity index (χ1) is 33.2. The van der Waals surface area contributed by atoms with E-state index in [1.165, 1.54) is 105 Å². The lowest BCUT2D eigenvalue weighted by Gasteiger charge is -2.32. The Morgan fingerprint density at radius 1 is 0.362 bits per heavy atom. The number of anilines is 3. The molecule has 0 radical (unpaired) electrons. The van der Waals surface area contributed by atoms with Crippen LogP contribution in [0.15, 0.2) is 167 Å². The molecule has 3 nitrogen and oxygen atoms in total. The zero-order valence-electron chi connectivity index (χ0n) is 40.8. The Balaban J connectivity index is 0.981. The molecule has 2 aromatic heterocycles. The van der Waals surface area contributed by atoms with Crippen molar-refractivity contribution in [2.45, 2.75) is 78.6 Å². The van der Waals surface area contributed by atoms with Gasteiger partial charge in [0.2, 0.25) is 0 Å². The van der Waals surface area contributed by atoms with Crippen LogP contribution in [0.2, 0.25) is 0 Å². The highest BCUT2D eigenvalue weighted by atomic mass is 16.3. The maximum absolute atomic E-state index is 7.04. The van der Waals surface area contributed by atoms with Crippen LogP contribution in [0.25, 0.3) is 88.4 Å². The van der Waals surface area contributed by atoms with Gasteiger partial charge < -0.3 is 13.7 Å². The molecule has 0 atom stereocenters. The normalized spacial score (nSPS) is 15.4. The lowest BCUT2D eigenvalue weighted by atomic mass is 9.72. The summed E-state index contributed by atoms with van der Waals surface area (Å²) in [5.74, 6) is 0. The van der Waals surface area contributed by atoms with Gasteiger partial charge in [0.05, 0.1) is 0 Å². The standard InChI is InChI=1S/C66H53NO2/c1-36-22-25-39(26-23-36)67(40-27-30-44-50(33-40)64(4,5)52-35-48(42-29-24-37(2)32-38(42)3)62-57(55(44)52)46-17-11-14-20-53(46)68-62)41-28-31-45-51(34-41)66(8,9)61-59(45)63-58(47-18-12-15-21-54(47)69-63)56-43-16-10-13-19-49(43)65(6,7)60(56)61/h10-35H,1-9H3. The maximum atomic E-state index is 7.04. The Morgan fingerprint density at radius 3 is 1.55 bits per heavy atom. The highest BCUT2D eigenvalue weighted by Crippen LogP contribution is 2.64. The van der Waals surface area contributed by atoms with Gasteiger partial charge in [-0.1, -0.05) is 156 Å². The molecule has 0 saturated heterocycles. The first kappa shape index (κ1) is 40.4. The van der Waals surface area contributed by atoms with E-state index in [0.717, 1.165) is 50.3 Å². The molecule has 3 aliphatic rings. The summed E-state index contributed by atoms with van der Waals surface area (Å²) < 4.78 is 13.9. The van der Waals surface area contributed by atoms with E-state index in [2.05, 4.69) is 225 Å². The first-order valence-corrected chi connectivity index (χ1v) is 24.6. The van der Waals surface area contributed by atoms with Gasteiger partial charge in [-0.05, 0) is 148 Å². The van der Waals surface area contributed by atoms with Gasteiger partial charge in [-0.25, -0.2) is 0 Å². The summed E-state index contributed by atoms with van der Waals surface area (Å²) in [7, 11) is 0. The Kier molecular flexibility index (Phi) is 7.94. The number of fused-ring (bicyclic) bond motifs is 19. The molecule has 0 unspecified atom stereocenters. The fourth-order valence-electron chi connectivity index (χ4n) is 13.3. The Hall–Kier alpha value is -7.62. The molecule has 0 saturated carbocycles.